The fourth-order valence-electron chi connectivity index (χ4n) is 1.84. The van der Waals surface area contributed by atoms with Gasteiger partial charge in [-0.25, -0.2) is 9.07 Å². The Kier molecular flexibility index (Phi) is 3.69. The smallest absolute Gasteiger partial charge is 0.247 e. The van der Waals surface area contributed by atoms with E-state index in [-0.39, 0.29) is 5.82 Å². The Balaban J connectivity index is 1.73. The van der Waals surface area contributed by atoms with Crippen LogP contribution in [0.3, 0.4) is 0 Å². The molecular formula is C13H13FN6O. The summed E-state index contributed by atoms with van der Waals surface area (Å²) in [6.45, 7) is 0.982. The largest absolute Gasteiger partial charge is 0.419 e. The van der Waals surface area contributed by atoms with Crippen molar-refractivity contribution in [2.45, 2.75) is 13.1 Å². The molecule has 7 nitrogen and oxygen atoms in total. The lowest BCUT2D eigenvalue weighted by atomic mass is 10.2. The molecule has 21 heavy (non-hydrogen) atoms. The lowest BCUT2D eigenvalue weighted by Gasteiger charge is -1.95. The maximum atomic E-state index is 12.9. The van der Waals surface area contributed by atoms with Gasteiger partial charge in [-0.3, -0.25) is 0 Å². The van der Waals surface area contributed by atoms with Crippen molar-refractivity contribution in [1.82, 2.24) is 30.5 Å². The maximum absolute atomic E-state index is 12.9. The molecular weight excluding hydrogens is 275 g/mol. The van der Waals surface area contributed by atoms with E-state index in [2.05, 4.69) is 25.8 Å². The van der Waals surface area contributed by atoms with Gasteiger partial charge in [-0.05, 0) is 31.3 Å². The van der Waals surface area contributed by atoms with E-state index >= 15 is 0 Å². The topological polar surface area (TPSA) is 81.7 Å². The summed E-state index contributed by atoms with van der Waals surface area (Å²) in [5.41, 5.74) is 1.50. The third-order valence-electron chi connectivity index (χ3n) is 2.80. The van der Waals surface area contributed by atoms with E-state index in [9.17, 15) is 4.39 Å². The van der Waals surface area contributed by atoms with Gasteiger partial charge < -0.3 is 9.73 Å². The number of aromatic nitrogens is 5. The highest BCUT2D eigenvalue weighted by atomic mass is 19.1. The summed E-state index contributed by atoms with van der Waals surface area (Å²) in [5, 5.41) is 18.9. The maximum Gasteiger partial charge on any atom is 0.247 e. The predicted molar refractivity (Wildman–Crippen MR) is 71.6 cm³/mol. The molecule has 8 heteroatoms. The highest BCUT2D eigenvalue weighted by molar-refractivity contribution is 5.51. The van der Waals surface area contributed by atoms with E-state index in [0.717, 1.165) is 5.69 Å². The summed E-state index contributed by atoms with van der Waals surface area (Å²) in [6, 6.07) is 5.88. The first-order valence-electron chi connectivity index (χ1n) is 6.36. The van der Waals surface area contributed by atoms with Gasteiger partial charge in [-0.1, -0.05) is 5.21 Å². The van der Waals surface area contributed by atoms with Crippen LogP contribution >= 0.6 is 0 Å². The second-order valence-corrected chi connectivity index (χ2v) is 4.45. The Morgan fingerprint density at radius 2 is 2.00 bits per heavy atom. The summed E-state index contributed by atoms with van der Waals surface area (Å²) >= 11 is 0. The minimum Gasteiger partial charge on any atom is -0.419 e. The monoisotopic (exact) mass is 288 g/mol. The molecule has 0 aliphatic heterocycles. The van der Waals surface area contributed by atoms with Crippen molar-refractivity contribution < 1.29 is 8.81 Å². The van der Waals surface area contributed by atoms with Gasteiger partial charge >= 0.3 is 0 Å². The molecule has 0 bridgehead atoms. The number of benzene rings is 1. The van der Waals surface area contributed by atoms with Crippen LogP contribution in [0.5, 0.6) is 0 Å². The van der Waals surface area contributed by atoms with Crippen LogP contribution in [0.15, 0.2) is 34.9 Å². The van der Waals surface area contributed by atoms with Gasteiger partial charge in [0.15, 0.2) is 0 Å². The van der Waals surface area contributed by atoms with Crippen LogP contribution in [0.25, 0.3) is 11.5 Å². The fourth-order valence-corrected chi connectivity index (χ4v) is 1.84. The first-order valence-corrected chi connectivity index (χ1v) is 6.36. The van der Waals surface area contributed by atoms with E-state index in [4.69, 9.17) is 4.42 Å². The second-order valence-electron chi connectivity index (χ2n) is 4.45. The summed E-state index contributed by atoms with van der Waals surface area (Å²) in [5.74, 6) is 0.453. The van der Waals surface area contributed by atoms with Gasteiger partial charge in [0.05, 0.1) is 11.9 Å². The van der Waals surface area contributed by atoms with Crippen LogP contribution in [0.2, 0.25) is 0 Å². The number of hydrogen-bond acceptors (Lipinski definition) is 6. The van der Waals surface area contributed by atoms with Crippen molar-refractivity contribution in [1.29, 1.82) is 0 Å². The van der Waals surface area contributed by atoms with Gasteiger partial charge in [0.25, 0.3) is 0 Å². The summed E-state index contributed by atoms with van der Waals surface area (Å²) < 4.78 is 20.0. The molecule has 3 aromatic rings. The van der Waals surface area contributed by atoms with Crippen molar-refractivity contribution in [3.05, 3.63) is 47.9 Å². The summed E-state index contributed by atoms with van der Waals surface area (Å²) in [6.07, 6.45) is 1.80. The molecule has 0 radical (unpaired) electrons. The number of rotatable bonds is 5. The van der Waals surface area contributed by atoms with Gasteiger partial charge in [-0.15, -0.1) is 15.3 Å². The van der Waals surface area contributed by atoms with Crippen LogP contribution in [-0.4, -0.2) is 32.2 Å². The van der Waals surface area contributed by atoms with Crippen LogP contribution < -0.4 is 5.32 Å². The number of nitrogens with zero attached hydrogens (tertiary/aromatic N) is 5. The van der Waals surface area contributed by atoms with Crippen LogP contribution in [-0.2, 0) is 13.1 Å². The fraction of sp³-hybridized carbons (Fsp3) is 0.231. The van der Waals surface area contributed by atoms with E-state index in [1.54, 1.807) is 23.0 Å². The third kappa shape index (κ3) is 3.11. The first-order chi connectivity index (χ1) is 10.2. The van der Waals surface area contributed by atoms with E-state index < -0.39 is 0 Å². The molecule has 0 fully saturated rings. The number of halogens is 1. The predicted octanol–water partition coefficient (Wildman–Crippen LogP) is 1.23. The van der Waals surface area contributed by atoms with Gasteiger partial charge in [-0.2, -0.15) is 0 Å². The standard InChI is InChI=1S/C13H13FN6O/c1-15-6-11-7-20(19-16-11)8-12-17-18-13(21-12)9-2-4-10(14)5-3-9/h2-5,7,15H,6,8H2,1H3. The number of hydrogen-bond donors (Lipinski definition) is 1. The Hall–Kier alpha value is -2.61. The quantitative estimate of drug-likeness (QED) is 0.760. The Labute approximate surface area is 119 Å². The zero-order valence-corrected chi connectivity index (χ0v) is 11.3. The van der Waals surface area contributed by atoms with E-state index in [1.807, 2.05) is 7.05 Å². The molecule has 1 N–H and O–H groups in total. The van der Waals surface area contributed by atoms with Gasteiger partial charge in [0.1, 0.15) is 12.4 Å². The van der Waals surface area contributed by atoms with Crippen molar-refractivity contribution in [2.75, 3.05) is 7.05 Å². The molecule has 1 aromatic carbocycles. The summed E-state index contributed by atoms with van der Waals surface area (Å²) in [7, 11) is 1.84. The molecule has 0 aliphatic rings. The lowest BCUT2D eigenvalue weighted by Crippen LogP contribution is -2.05. The van der Waals surface area contributed by atoms with Crippen molar-refractivity contribution in [2.24, 2.45) is 0 Å². The molecule has 0 atom stereocenters. The average Bonchev–Trinajstić information content (AvgIpc) is 3.11. The molecule has 0 saturated heterocycles. The Morgan fingerprint density at radius 1 is 1.19 bits per heavy atom. The highest BCUT2D eigenvalue weighted by Gasteiger charge is 2.10. The third-order valence-corrected chi connectivity index (χ3v) is 2.80. The SMILES string of the molecule is CNCc1cn(Cc2nnc(-c3ccc(F)cc3)o2)nn1. The summed E-state index contributed by atoms with van der Waals surface area (Å²) in [4.78, 5) is 0. The zero-order chi connectivity index (χ0) is 14.7. The second kappa shape index (κ2) is 5.80. The zero-order valence-electron chi connectivity index (χ0n) is 11.3. The first kappa shape index (κ1) is 13.4. The molecule has 0 saturated carbocycles. The minimum absolute atomic E-state index is 0.307. The van der Waals surface area contributed by atoms with Crippen LogP contribution in [0.1, 0.15) is 11.6 Å². The van der Waals surface area contributed by atoms with Crippen molar-refractivity contribution in [3.8, 4) is 11.5 Å². The average molecular weight is 288 g/mol. The number of nitrogens with one attached hydrogen (secondary N) is 1. The minimum atomic E-state index is -0.307. The van der Waals surface area contributed by atoms with E-state index in [1.165, 1.54) is 12.1 Å². The van der Waals surface area contributed by atoms with Crippen molar-refractivity contribution >= 4 is 0 Å². The van der Waals surface area contributed by atoms with Gasteiger partial charge in [0.2, 0.25) is 11.8 Å². The van der Waals surface area contributed by atoms with Crippen LogP contribution in [0, 0.1) is 5.82 Å². The normalized spacial score (nSPS) is 11.0. The Morgan fingerprint density at radius 3 is 2.76 bits per heavy atom. The van der Waals surface area contributed by atoms with Gasteiger partial charge in [0, 0.05) is 12.1 Å². The molecule has 2 heterocycles. The molecule has 0 unspecified atom stereocenters. The molecule has 3 rings (SSSR count). The lowest BCUT2D eigenvalue weighted by molar-refractivity contribution is 0.469. The van der Waals surface area contributed by atoms with Crippen LogP contribution in [0.4, 0.5) is 4.39 Å². The Bertz CT molecular complexity index is 720. The van der Waals surface area contributed by atoms with Crippen molar-refractivity contribution in [3.63, 3.8) is 0 Å². The molecule has 2 aromatic heterocycles. The molecule has 0 amide bonds. The molecule has 0 spiro atoms. The highest BCUT2D eigenvalue weighted by Crippen LogP contribution is 2.18. The molecule has 108 valence electrons. The van der Waals surface area contributed by atoms with E-state index in [0.29, 0.717) is 30.4 Å². The molecule has 0 aliphatic carbocycles.